The van der Waals surface area contributed by atoms with Crippen molar-refractivity contribution in [1.29, 1.82) is 0 Å². The van der Waals surface area contributed by atoms with Crippen molar-refractivity contribution < 1.29 is 0 Å². The SMILES string of the molecule is c1csc(C(NCc2ccncn2)C2CCCC2)c1. The van der Waals surface area contributed by atoms with E-state index in [0.717, 1.165) is 18.2 Å². The molecule has 0 spiro atoms. The smallest absolute Gasteiger partial charge is 0.115 e. The molecule has 3 rings (SSSR count). The van der Waals surface area contributed by atoms with Crippen LogP contribution in [0.2, 0.25) is 0 Å². The van der Waals surface area contributed by atoms with Gasteiger partial charge in [0, 0.05) is 23.7 Å². The summed E-state index contributed by atoms with van der Waals surface area (Å²) in [4.78, 5) is 9.71. The zero-order valence-corrected chi connectivity index (χ0v) is 11.8. The summed E-state index contributed by atoms with van der Waals surface area (Å²) < 4.78 is 0. The zero-order chi connectivity index (χ0) is 12.9. The van der Waals surface area contributed by atoms with E-state index >= 15 is 0 Å². The van der Waals surface area contributed by atoms with Crippen molar-refractivity contribution in [2.24, 2.45) is 5.92 Å². The molecule has 2 aromatic rings. The Bertz CT molecular complexity index is 477. The molecule has 0 aliphatic heterocycles. The first-order valence-electron chi connectivity index (χ1n) is 6.95. The van der Waals surface area contributed by atoms with Gasteiger partial charge in [0.25, 0.3) is 0 Å². The fourth-order valence-electron chi connectivity index (χ4n) is 2.90. The van der Waals surface area contributed by atoms with Crippen molar-refractivity contribution in [1.82, 2.24) is 15.3 Å². The van der Waals surface area contributed by atoms with Crippen LogP contribution in [0, 0.1) is 5.92 Å². The monoisotopic (exact) mass is 273 g/mol. The molecule has 2 aromatic heterocycles. The third-order valence-electron chi connectivity index (χ3n) is 3.87. The second kappa shape index (κ2) is 6.26. The Labute approximate surface area is 118 Å². The van der Waals surface area contributed by atoms with Gasteiger partial charge >= 0.3 is 0 Å². The van der Waals surface area contributed by atoms with Crippen molar-refractivity contribution in [2.75, 3.05) is 0 Å². The Hall–Kier alpha value is -1.26. The molecule has 0 radical (unpaired) electrons. The average Bonchev–Trinajstić information content (AvgIpc) is 3.13. The normalized spacial score (nSPS) is 17.7. The van der Waals surface area contributed by atoms with E-state index in [9.17, 15) is 0 Å². The van der Waals surface area contributed by atoms with E-state index in [1.165, 1.54) is 30.6 Å². The summed E-state index contributed by atoms with van der Waals surface area (Å²) in [5.74, 6) is 0.778. The van der Waals surface area contributed by atoms with E-state index in [1.807, 2.05) is 17.4 Å². The third kappa shape index (κ3) is 3.19. The van der Waals surface area contributed by atoms with Gasteiger partial charge in [0.2, 0.25) is 0 Å². The van der Waals surface area contributed by atoms with Crippen LogP contribution < -0.4 is 5.32 Å². The number of thiophene rings is 1. The van der Waals surface area contributed by atoms with Crippen LogP contribution in [0.25, 0.3) is 0 Å². The summed E-state index contributed by atoms with van der Waals surface area (Å²) in [6, 6.07) is 6.86. The van der Waals surface area contributed by atoms with Crippen LogP contribution in [0.3, 0.4) is 0 Å². The van der Waals surface area contributed by atoms with Gasteiger partial charge in [-0.1, -0.05) is 18.9 Å². The number of nitrogens with one attached hydrogen (secondary N) is 1. The minimum Gasteiger partial charge on any atom is -0.303 e. The molecule has 1 aliphatic carbocycles. The van der Waals surface area contributed by atoms with Gasteiger partial charge in [-0.25, -0.2) is 9.97 Å². The lowest BCUT2D eigenvalue weighted by Gasteiger charge is -2.23. The topological polar surface area (TPSA) is 37.8 Å². The molecule has 1 fully saturated rings. The van der Waals surface area contributed by atoms with Crippen LogP contribution in [0.5, 0.6) is 0 Å². The van der Waals surface area contributed by atoms with Crippen molar-refractivity contribution in [3.63, 3.8) is 0 Å². The van der Waals surface area contributed by atoms with Crippen molar-refractivity contribution >= 4 is 11.3 Å². The van der Waals surface area contributed by atoms with Crippen molar-refractivity contribution in [3.8, 4) is 0 Å². The lowest BCUT2D eigenvalue weighted by Crippen LogP contribution is -2.26. The molecule has 0 amide bonds. The predicted molar refractivity (Wildman–Crippen MR) is 77.9 cm³/mol. The first kappa shape index (κ1) is 12.8. The largest absolute Gasteiger partial charge is 0.303 e. The molecule has 19 heavy (non-hydrogen) atoms. The van der Waals surface area contributed by atoms with Gasteiger partial charge in [0.05, 0.1) is 5.69 Å². The zero-order valence-electron chi connectivity index (χ0n) is 11.0. The molecule has 1 unspecified atom stereocenters. The van der Waals surface area contributed by atoms with Gasteiger partial charge in [-0.15, -0.1) is 11.3 Å². The molecule has 2 heterocycles. The van der Waals surface area contributed by atoms with Crippen LogP contribution >= 0.6 is 11.3 Å². The molecule has 1 aliphatic rings. The summed E-state index contributed by atoms with van der Waals surface area (Å²) >= 11 is 1.86. The van der Waals surface area contributed by atoms with Crippen LogP contribution in [0.1, 0.15) is 42.3 Å². The van der Waals surface area contributed by atoms with E-state index in [2.05, 4.69) is 32.8 Å². The Morgan fingerprint density at radius 1 is 1.32 bits per heavy atom. The van der Waals surface area contributed by atoms with Gasteiger partial charge < -0.3 is 5.32 Å². The highest BCUT2D eigenvalue weighted by Crippen LogP contribution is 2.37. The summed E-state index contributed by atoms with van der Waals surface area (Å²) in [5, 5.41) is 5.87. The Morgan fingerprint density at radius 2 is 2.21 bits per heavy atom. The van der Waals surface area contributed by atoms with E-state index in [1.54, 1.807) is 12.5 Å². The number of hydrogen-bond acceptors (Lipinski definition) is 4. The molecule has 1 atom stereocenters. The molecular formula is C15H19N3S. The fraction of sp³-hybridized carbons (Fsp3) is 0.467. The van der Waals surface area contributed by atoms with E-state index in [-0.39, 0.29) is 0 Å². The molecule has 3 nitrogen and oxygen atoms in total. The number of hydrogen-bond donors (Lipinski definition) is 1. The second-order valence-corrected chi connectivity index (χ2v) is 6.10. The second-order valence-electron chi connectivity index (χ2n) is 5.12. The van der Waals surface area contributed by atoms with Gasteiger partial charge in [-0.05, 0) is 36.3 Å². The number of rotatable bonds is 5. The van der Waals surface area contributed by atoms with Crippen LogP contribution in [0.4, 0.5) is 0 Å². The summed E-state index contributed by atoms with van der Waals surface area (Å²) in [6.07, 6.45) is 8.87. The highest BCUT2D eigenvalue weighted by molar-refractivity contribution is 7.10. The molecule has 100 valence electrons. The molecule has 1 N–H and O–H groups in total. The first-order chi connectivity index (χ1) is 9.43. The minimum absolute atomic E-state index is 0.484. The first-order valence-corrected chi connectivity index (χ1v) is 7.83. The van der Waals surface area contributed by atoms with E-state index in [0.29, 0.717) is 6.04 Å². The van der Waals surface area contributed by atoms with Crippen molar-refractivity contribution in [2.45, 2.75) is 38.3 Å². The molecule has 1 saturated carbocycles. The van der Waals surface area contributed by atoms with Crippen molar-refractivity contribution in [3.05, 3.63) is 46.7 Å². The Morgan fingerprint density at radius 3 is 2.89 bits per heavy atom. The number of aromatic nitrogens is 2. The van der Waals surface area contributed by atoms with Crippen LogP contribution in [-0.2, 0) is 6.54 Å². The van der Waals surface area contributed by atoms with Crippen LogP contribution in [0.15, 0.2) is 36.1 Å². The van der Waals surface area contributed by atoms with Crippen LogP contribution in [-0.4, -0.2) is 9.97 Å². The fourth-order valence-corrected chi connectivity index (χ4v) is 3.79. The van der Waals surface area contributed by atoms with Gasteiger partial charge in [0.15, 0.2) is 0 Å². The summed E-state index contributed by atoms with van der Waals surface area (Å²) in [7, 11) is 0. The Kier molecular flexibility index (Phi) is 4.20. The molecule has 0 aromatic carbocycles. The molecule has 0 bridgehead atoms. The average molecular weight is 273 g/mol. The van der Waals surface area contributed by atoms with E-state index in [4.69, 9.17) is 0 Å². The maximum absolute atomic E-state index is 4.29. The maximum Gasteiger partial charge on any atom is 0.115 e. The van der Waals surface area contributed by atoms with Gasteiger partial charge in [0.1, 0.15) is 6.33 Å². The van der Waals surface area contributed by atoms with Gasteiger partial charge in [-0.3, -0.25) is 0 Å². The lowest BCUT2D eigenvalue weighted by molar-refractivity contribution is 0.369. The molecular weight excluding hydrogens is 254 g/mol. The third-order valence-corrected chi connectivity index (χ3v) is 4.82. The highest BCUT2D eigenvalue weighted by Gasteiger charge is 2.26. The van der Waals surface area contributed by atoms with E-state index < -0.39 is 0 Å². The minimum atomic E-state index is 0.484. The number of nitrogens with zero attached hydrogens (tertiary/aromatic N) is 2. The highest BCUT2D eigenvalue weighted by atomic mass is 32.1. The lowest BCUT2D eigenvalue weighted by atomic mass is 9.96. The summed E-state index contributed by atoms with van der Waals surface area (Å²) in [5.41, 5.74) is 1.06. The Balaban J connectivity index is 1.69. The molecule has 0 saturated heterocycles. The molecule has 4 heteroatoms. The maximum atomic E-state index is 4.29. The standard InChI is InChI=1S/C15H19N3S/c1-2-5-12(4-1)15(14-6-3-9-19-14)17-10-13-7-8-16-11-18-13/h3,6-9,11-12,15,17H,1-2,4-5,10H2. The van der Waals surface area contributed by atoms with Gasteiger partial charge in [-0.2, -0.15) is 0 Å². The summed E-state index contributed by atoms with van der Waals surface area (Å²) in [6.45, 7) is 0.821. The quantitative estimate of drug-likeness (QED) is 0.905. The predicted octanol–water partition coefficient (Wildman–Crippen LogP) is 3.56.